The van der Waals surface area contributed by atoms with Gasteiger partial charge in [0, 0.05) is 6.04 Å². The minimum atomic E-state index is 0.0328. The SMILES string of the molecule is COc1ccc(C2(Br)CCNC(c3ccccc3)C2)cc1. The molecule has 1 aliphatic heterocycles. The van der Waals surface area contributed by atoms with Crippen molar-refractivity contribution in [2.45, 2.75) is 23.2 Å². The Bertz CT molecular complexity index is 584. The van der Waals surface area contributed by atoms with Crippen molar-refractivity contribution in [1.29, 1.82) is 0 Å². The van der Waals surface area contributed by atoms with Gasteiger partial charge in [-0.1, -0.05) is 58.4 Å². The highest BCUT2D eigenvalue weighted by Gasteiger charge is 2.35. The Morgan fingerprint density at radius 3 is 2.48 bits per heavy atom. The average molecular weight is 346 g/mol. The Morgan fingerprint density at radius 1 is 1.10 bits per heavy atom. The molecule has 0 saturated carbocycles. The van der Waals surface area contributed by atoms with E-state index in [2.05, 4.69) is 63.7 Å². The van der Waals surface area contributed by atoms with Crippen molar-refractivity contribution < 1.29 is 4.74 Å². The van der Waals surface area contributed by atoms with Gasteiger partial charge in [0.1, 0.15) is 5.75 Å². The van der Waals surface area contributed by atoms with Gasteiger partial charge in [-0.3, -0.25) is 0 Å². The second-order valence-corrected chi connectivity index (χ2v) is 7.08. The molecule has 0 aliphatic carbocycles. The van der Waals surface area contributed by atoms with Crippen LogP contribution < -0.4 is 10.1 Å². The lowest BCUT2D eigenvalue weighted by Gasteiger charge is -2.38. The number of piperidine rings is 1. The van der Waals surface area contributed by atoms with Crippen molar-refractivity contribution in [3.63, 3.8) is 0 Å². The number of alkyl halides is 1. The van der Waals surface area contributed by atoms with Gasteiger partial charge >= 0.3 is 0 Å². The Morgan fingerprint density at radius 2 is 1.81 bits per heavy atom. The molecule has 2 unspecified atom stereocenters. The molecule has 0 bridgehead atoms. The van der Waals surface area contributed by atoms with Crippen LogP contribution in [-0.2, 0) is 4.32 Å². The molecule has 3 heteroatoms. The fraction of sp³-hybridized carbons (Fsp3) is 0.333. The second kappa shape index (κ2) is 6.20. The summed E-state index contributed by atoms with van der Waals surface area (Å²) in [6, 6.07) is 19.5. The van der Waals surface area contributed by atoms with E-state index >= 15 is 0 Å². The van der Waals surface area contributed by atoms with E-state index in [0.717, 1.165) is 25.1 Å². The largest absolute Gasteiger partial charge is 0.497 e. The maximum atomic E-state index is 5.25. The van der Waals surface area contributed by atoms with Crippen LogP contribution in [0.2, 0.25) is 0 Å². The summed E-state index contributed by atoms with van der Waals surface area (Å²) in [5.74, 6) is 0.906. The molecule has 2 atom stereocenters. The maximum absolute atomic E-state index is 5.25. The molecule has 2 nitrogen and oxygen atoms in total. The highest BCUT2D eigenvalue weighted by Crippen LogP contribution is 2.45. The number of methoxy groups -OCH3 is 1. The first-order valence-electron chi connectivity index (χ1n) is 7.33. The molecule has 2 aromatic rings. The van der Waals surface area contributed by atoms with Crippen LogP contribution in [-0.4, -0.2) is 13.7 Å². The first-order valence-corrected chi connectivity index (χ1v) is 8.12. The van der Waals surface area contributed by atoms with Crippen LogP contribution in [0.25, 0.3) is 0 Å². The molecule has 0 amide bonds. The fourth-order valence-electron chi connectivity index (χ4n) is 3.02. The van der Waals surface area contributed by atoms with Gasteiger partial charge in [0.25, 0.3) is 0 Å². The first-order chi connectivity index (χ1) is 10.2. The van der Waals surface area contributed by atoms with E-state index in [1.807, 2.05) is 12.1 Å². The van der Waals surface area contributed by atoms with E-state index in [1.54, 1.807) is 7.11 Å². The third-order valence-corrected chi connectivity index (χ3v) is 5.43. The molecule has 110 valence electrons. The highest BCUT2D eigenvalue weighted by atomic mass is 79.9. The van der Waals surface area contributed by atoms with E-state index in [1.165, 1.54) is 11.1 Å². The third-order valence-electron chi connectivity index (χ3n) is 4.25. The van der Waals surface area contributed by atoms with Crippen molar-refractivity contribution in [3.8, 4) is 5.75 Å². The number of nitrogens with one attached hydrogen (secondary N) is 1. The summed E-state index contributed by atoms with van der Waals surface area (Å²) >= 11 is 4.01. The van der Waals surface area contributed by atoms with Crippen molar-refractivity contribution in [1.82, 2.24) is 5.32 Å². The van der Waals surface area contributed by atoms with Gasteiger partial charge < -0.3 is 10.1 Å². The van der Waals surface area contributed by atoms with E-state index in [-0.39, 0.29) is 4.32 Å². The molecular formula is C18H20BrNO. The average Bonchev–Trinajstić information content (AvgIpc) is 2.56. The van der Waals surface area contributed by atoms with Gasteiger partial charge in [0.2, 0.25) is 0 Å². The predicted octanol–water partition coefficient (Wildman–Crippen LogP) is 4.41. The summed E-state index contributed by atoms with van der Waals surface area (Å²) in [4.78, 5) is 0. The van der Waals surface area contributed by atoms with E-state index in [9.17, 15) is 0 Å². The van der Waals surface area contributed by atoms with Crippen LogP contribution in [0, 0.1) is 0 Å². The quantitative estimate of drug-likeness (QED) is 0.832. The molecule has 1 fully saturated rings. The zero-order valence-electron chi connectivity index (χ0n) is 12.2. The lowest BCUT2D eigenvalue weighted by Crippen LogP contribution is -2.38. The minimum Gasteiger partial charge on any atom is -0.497 e. The summed E-state index contributed by atoms with van der Waals surface area (Å²) in [7, 11) is 1.70. The minimum absolute atomic E-state index is 0.0328. The summed E-state index contributed by atoms with van der Waals surface area (Å²) in [5.41, 5.74) is 2.68. The predicted molar refractivity (Wildman–Crippen MR) is 90.0 cm³/mol. The Hall–Kier alpha value is -1.32. The summed E-state index contributed by atoms with van der Waals surface area (Å²) in [6.45, 7) is 1.01. The van der Waals surface area contributed by atoms with Crippen molar-refractivity contribution in [2.75, 3.05) is 13.7 Å². The van der Waals surface area contributed by atoms with E-state index in [4.69, 9.17) is 4.74 Å². The second-order valence-electron chi connectivity index (χ2n) is 5.57. The van der Waals surface area contributed by atoms with Crippen molar-refractivity contribution >= 4 is 15.9 Å². The van der Waals surface area contributed by atoms with Crippen molar-refractivity contribution in [3.05, 3.63) is 65.7 Å². The van der Waals surface area contributed by atoms with Gasteiger partial charge in [0.15, 0.2) is 0 Å². The van der Waals surface area contributed by atoms with E-state index in [0.29, 0.717) is 6.04 Å². The lowest BCUT2D eigenvalue weighted by molar-refractivity contribution is 0.348. The zero-order valence-corrected chi connectivity index (χ0v) is 13.8. The highest BCUT2D eigenvalue weighted by molar-refractivity contribution is 9.09. The molecule has 0 aromatic heterocycles. The molecular weight excluding hydrogens is 326 g/mol. The number of hydrogen-bond acceptors (Lipinski definition) is 2. The molecule has 3 rings (SSSR count). The van der Waals surface area contributed by atoms with Gasteiger partial charge in [-0.15, -0.1) is 0 Å². The number of ether oxygens (including phenoxy) is 1. The topological polar surface area (TPSA) is 21.3 Å². The molecule has 21 heavy (non-hydrogen) atoms. The van der Waals surface area contributed by atoms with Crippen LogP contribution in [0.1, 0.15) is 30.0 Å². The molecule has 2 aromatic carbocycles. The Kier molecular flexibility index (Phi) is 4.32. The van der Waals surface area contributed by atoms with Crippen molar-refractivity contribution in [2.24, 2.45) is 0 Å². The third kappa shape index (κ3) is 3.14. The number of benzene rings is 2. The maximum Gasteiger partial charge on any atom is 0.118 e. The fourth-order valence-corrected chi connectivity index (χ4v) is 3.80. The van der Waals surface area contributed by atoms with Crippen LogP contribution in [0.4, 0.5) is 0 Å². The van der Waals surface area contributed by atoms with Gasteiger partial charge in [0.05, 0.1) is 11.4 Å². The normalized spacial score (nSPS) is 25.5. The number of halogens is 1. The Balaban J connectivity index is 1.83. The first kappa shape index (κ1) is 14.6. The van der Waals surface area contributed by atoms with Gasteiger partial charge in [-0.05, 0) is 42.6 Å². The molecule has 1 saturated heterocycles. The molecule has 0 radical (unpaired) electrons. The smallest absolute Gasteiger partial charge is 0.118 e. The van der Waals surface area contributed by atoms with Gasteiger partial charge in [-0.25, -0.2) is 0 Å². The van der Waals surface area contributed by atoms with Gasteiger partial charge in [-0.2, -0.15) is 0 Å². The van der Waals surface area contributed by atoms with Crippen LogP contribution >= 0.6 is 15.9 Å². The summed E-state index contributed by atoms with van der Waals surface area (Å²) in [6.07, 6.45) is 2.13. The van der Waals surface area contributed by atoms with Crippen LogP contribution in [0.3, 0.4) is 0 Å². The summed E-state index contributed by atoms with van der Waals surface area (Å²) < 4.78 is 5.28. The molecule has 1 heterocycles. The number of hydrogen-bond donors (Lipinski definition) is 1. The molecule has 0 spiro atoms. The summed E-state index contributed by atoms with van der Waals surface area (Å²) in [5, 5.41) is 3.63. The standard InChI is InChI=1S/C18H20BrNO/c1-21-16-9-7-15(8-10-16)18(19)11-12-20-17(13-18)14-5-3-2-4-6-14/h2-10,17,20H,11-13H2,1H3. The monoisotopic (exact) mass is 345 g/mol. The Labute approximate surface area is 134 Å². The van der Waals surface area contributed by atoms with Crippen LogP contribution in [0.5, 0.6) is 5.75 Å². The van der Waals surface area contributed by atoms with Crippen LogP contribution in [0.15, 0.2) is 54.6 Å². The lowest BCUT2D eigenvalue weighted by atomic mass is 9.84. The zero-order chi connectivity index (χ0) is 14.7. The number of rotatable bonds is 3. The molecule has 1 N–H and O–H groups in total. The van der Waals surface area contributed by atoms with E-state index < -0.39 is 0 Å². The molecule has 1 aliphatic rings.